The molecule has 2 fully saturated rings. The zero-order valence-electron chi connectivity index (χ0n) is 12.5. The number of carbonyl (C=O) groups excluding carboxylic acids is 1. The lowest BCUT2D eigenvalue weighted by atomic mass is 10.0. The van der Waals surface area contributed by atoms with Crippen molar-refractivity contribution in [2.45, 2.75) is 6.54 Å². The van der Waals surface area contributed by atoms with Crippen molar-refractivity contribution < 1.29 is 19.0 Å². The molecular weight excluding hydrogens is 329 g/mol. The largest absolute Gasteiger partial charge is 0.493 e. The first-order chi connectivity index (χ1) is 10.1. The highest BCUT2D eigenvalue weighted by Gasteiger charge is 2.43. The number of carbonyl (C=O) groups is 1. The van der Waals surface area contributed by atoms with Gasteiger partial charge in [-0.05, 0) is 6.07 Å². The number of esters is 1. The highest BCUT2D eigenvalue weighted by molar-refractivity contribution is 6.30. The van der Waals surface area contributed by atoms with Gasteiger partial charge >= 0.3 is 5.97 Å². The summed E-state index contributed by atoms with van der Waals surface area (Å²) in [5.74, 6) is 1.57. The van der Waals surface area contributed by atoms with Crippen LogP contribution in [-0.4, -0.2) is 44.8 Å². The third-order valence-corrected chi connectivity index (χ3v) is 4.39. The van der Waals surface area contributed by atoms with Gasteiger partial charge < -0.3 is 14.2 Å². The van der Waals surface area contributed by atoms with Crippen LogP contribution in [0.15, 0.2) is 12.1 Å². The Morgan fingerprint density at radius 2 is 2.09 bits per heavy atom. The summed E-state index contributed by atoms with van der Waals surface area (Å²) in [6.07, 6.45) is 0. The minimum atomic E-state index is -0.0712. The molecule has 0 aromatic heterocycles. The summed E-state index contributed by atoms with van der Waals surface area (Å²) in [5, 5.41) is 0.612. The third kappa shape index (κ3) is 3.12. The molecule has 3 rings (SSSR count). The van der Waals surface area contributed by atoms with Gasteiger partial charge in [0.05, 0.1) is 26.7 Å². The zero-order chi connectivity index (χ0) is 15.0. The average molecular weight is 348 g/mol. The van der Waals surface area contributed by atoms with Crippen molar-refractivity contribution in [3.8, 4) is 11.5 Å². The number of benzene rings is 1. The first kappa shape index (κ1) is 17.2. The Morgan fingerprint density at radius 3 is 2.73 bits per heavy atom. The van der Waals surface area contributed by atoms with Crippen molar-refractivity contribution in [3.63, 3.8) is 0 Å². The molecule has 2 saturated heterocycles. The Kier molecular flexibility index (Phi) is 5.42. The van der Waals surface area contributed by atoms with E-state index < -0.39 is 0 Å². The average Bonchev–Trinajstić information content (AvgIpc) is 3.00. The second kappa shape index (κ2) is 6.94. The van der Waals surface area contributed by atoms with Gasteiger partial charge in [-0.3, -0.25) is 9.69 Å². The van der Waals surface area contributed by atoms with E-state index in [2.05, 4.69) is 4.90 Å². The molecular formula is C15H19Cl2NO4. The molecule has 0 unspecified atom stereocenters. The van der Waals surface area contributed by atoms with E-state index in [-0.39, 0.29) is 24.3 Å². The van der Waals surface area contributed by atoms with E-state index in [9.17, 15) is 4.79 Å². The van der Waals surface area contributed by atoms with Gasteiger partial charge in [0, 0.05) is 42.2 Å². The molecule has 122 valence electrons. The maximum absolute atomic E-state index is 11.6. The van der Waals surface area contributed by atoms with Crippen molar-refractivity contribution in [2.24, 2.45) is 11.8 Å². The van der Waals surface area contributed by atoms with Crippen LogP contribution in [0.2, 0.25) is 5.02 Å². The quantitative estimate of drug-likeness (QED) is 0.782. The lowest BCUT2D eigenvalue weighted by Crippen LogP contribution is -2.24. The fourth-order valence-corrected chi connectivity index (χ4v) is 3.42. The monoisotopic (exact) mass is 347 g/mol. The molecule has 2 atom stereocenters. The predicted octanol–water partition coefficient (Wildman–Crippen LogP) is 2.38. The maximum atomic E-state index is 11.6. The van der Waals surface area contributed by atoms with E-state index in [0.717, 1.165) is 18.7 Å². The van der Waals surface area contributed by atoms with Gasteiger partial charge in [0.2, 0.25) is 0 Å². The molecule has 2 heterocycles. The second-order valence-electron chi connectivity index (χ2n) is 5.49. The molecule has 5 nitrogen and oxygen atoms in total. The smallest absolute Gasteiger partial charge is 0.310 e. The normalized spacial score (nSPS) is 23.7. The number of rotatable bonds is 4. The Labute approximate surface area is 140 Å². The summed E-state index contributed by atoms with van der Waals surface area (Å²) < 4.78 is 15.8. The van der Waals surface area contributed by atoms with Crippen molar-refractivity contribution in [1.82, 2.24) is 4.90 Å². The number of cyclic esters (lactones) is 1. The van der Waals surface area contributed by atoms with Gasteiger partial charge in [-0.1, -0.05) is 11.6 Å². The number of halogens is 2. The molecule has 0 saturated carbocycles. The SMILES string of the molecule is COc1cc(Cl)cc(CN2C[C@@H]3COC(=O)[C@@H]3C2)c1OC.Cl. The first-order valence-electron chi connectivity index (χ1n) is 6.91. The van der Waals surface area contributed by atoms with Crippen LogP contribution < -0.4 is 9.47 Å². The molecule has 0 aliphatic carbocycles. The van der Waals surface area contributed by atoms with Crippen molar-refractivity contribution >= 4 is 30.0 Å². The van der Waals surface area contributed by atoms with E-state index in [4.69, 9.17) is 25.8 Å². The number of hydrogen-bond acceptors (Lipinski definition) is 5. The molecule has 2 aliphatic rings. The minimum Gasteiger partial charge on any atom is -0.493 e. The fourth-order valence-electron chi connectivity index (χ4n) is 3.19. The molecule has 0 N–H and O–H groups in total. The summed E-state index contributed by atoms with van der Waals surface area (Å²) in [6, 6.07) is 3.62. The van der Waals surface area contributed by atoms with Crippen LogP contribution in [0.25, 0.3) is 0 Å². The Balaban J connectivity index is 0.00000176. The summed E-state index contributed by atoms with van der Waals surface area (Å²) in [4.78, 5) is 13.9. The van der Waals surface area contributed by atoms with Crippen LogP contribution in [-0.2, 0) is 16.1 Å². The number of ether oxygens (including phenoxy) is 3. The third-order valence-electron chi connectivity index (χ3n) is 4.17. The van der Waals surface area contributed by atoms with Gasteiger partial charge in [-0.15, -0.1) is 12.4 Å². The maximum Gasteiger partial charge on any atom is 0.310 e. The molecule has 1 aromatic rings. The predicted molar refractivity (Wildman–Crippen MR) is 85.0 cm³/mol. The van der Waals surface area contributed by atoms with Crippen molar-refractivity contribution in [3.05, 3.63) is 22.7 Å². The van der Waals surface area contributed by atoms with E-state index in [1.807, 2.05) is 6.07 Å². The first-order valence-corrected chi connectivity index (χ1v) is 7.29. The highest BCUT2D eigenvalue weighted by Crippen LogP contribution is 2.37. The van der Waals surface area contributed by atoms with Gasteiger partial charge in [0.1, 0.15) is 0 Å². The molecule has 2 aliphatic heterocycles. The molecule has 0 spiro atoms. The fraction of sp³-hybridized carbons (Fsp3) is 0.533. The van der Waals surface area contributed by atoms with Gasteiger partial charge in [-0.25, -0.2) is 0 Å². The lowest BCUT2D eigenvalue weighted by Gasteiger charge is -2.20. The van der Waals surface area contributed by atoms with Gasteiger partial charge in [0.15, 0.2) is 11.5 Å². The number of likely N-dealkylation sites (tertiary alicyclic amines) is 1. The summed E-state index contributed by atoms with van der Waals surface area (Å²) >= 11 is 6.13. The number of methoxy groups -OCH3 is 2. The minimum absolute atomic E-state index is 0. The van der Waals surface area contributed by atoms with Crippen LogP contribution in [0.4, 0.5) is 0 Å². The number of hydrogen-bond donors (Lipinski definition) is 0. The number of nitrogens with zero attached hydrogens (tertiary/aromatic N) is 1. The molecule has 22 heavy (non-hydrogen) atoms. The van der Waals surface area contributed by atoms with E-state index in [0.29, 0.717) is 35.6 Å². The van der Waals surface area contributed by atoms with E-state index in [1.54, 1.807) is 20.3 Å². The Hall–Kier alpha value is -1.17. The topological polar surface area (TPSA) is 48.0 Å². The zero-order valence-corrected chi connectivity index (χ0v) is 14.1. The molecule has 0 amide bonds. The highest BCUT2D eigenvalue weighted by atomic mass is 35.5. The molecule has 0 bridgehead atoms. The lowest BCUT2D eigenvalue weighted by molar-refractivity contribution is -0.141. The Bertz CT molecular complexity index is 567. The summed E-state index contributed by atoms with van der Waals surface area (Å²) in [7, 11) is 3.21. The Morgan fingerprint density at radius 1 is 1.32 bits per heavy atom. The number of fused-ring (bicyclic) bond motifs is 1. The van der Waals surface area contributed by atoms with Crippen LogP contribution in [0.3, 0.4) is 0 Å². The molecule has 0 radical (unpaired) electrons. The second-order valence-corrected chi connectivity index (χ2v) is 5.93. The van der Waals surface area contributed by atoms with Gasteiger partial charge in [0.25, 0.3) is 0 Å². The molecule has 7 heteroatoms. The summed E-state index contributed by atoms with van der Waals surface area (Å²) in [5.41, 5.74) is 0.968. The van der Waals surface area contributed by atoms with Crippen LogP contribution >= 0.6 is 24.0 Å². The van der Waals surface area contributed by atoms with E-state index >= 15 is 0 Å². The van der Waals surface area contributed by atoms with Crippen molar-refractivity contribution in [2.75, 3.05) is 33.9 Å². The van der Waals surface area contributed by atoms with E-state index in [1.165, 1.54) is 0 Å². The standard InChI is InChI=1S/C15H18ClNO4.ClH/c1-19-13-4-11(16)3-9(14(13)20-2)5-17-6-10-8-21-15(18)12(10)7-17;/h3-4,10,12H,5-8H2,1-2H3;1H/t10-,12-;/m1./s1. The van der Waals surface area contributed by atoms with Crippen LogP contribution in [0.1, 0.15) is 5.56 Å². The van der Waals surface area contributed by atoms with Crippen molar-refractivity contribution in [1.29, 1.82) is 0 Å². The summed E-state index contributed by atoms with van der Waals surface area (Å²) in [6.45, 7) is 2.80. The van der Waals surface area contributed by atoms with Crippen LogP contribution in [0.5, 0.6) is 11.5 Å². The van der Waals surface area contributed by atoms with Crippen LogP contribution in [0, 0.1) is 11.8 Å². The molecule has 1 aromatic carbocycles. The van der Waals surface area contributed by atoms with Gasteiger partial charge in [-0.2, -0.15) is 0 Å².